The van der Waals surface area contributed by atoms with E-state index in [0.717, 1.165) is 6.07 Å². The van der Waals surface area contributed by atoms with E-state index in [1.54, 1.807) is 0 Å². The molecule has 0 unspecified atom stereocenters. The van der Waals surface area contributed by atoms with E-state index in [2.05, 4.69) is 0 Å². The van der Waals surface area contributed by atoms with E-state index in [9.17, 15) is 30.0 Å². The average molecular weight is 404 g/mol. The van der Waals surface area contributed by atoms with Gasteiger partial charge >= 0.3 is 11.9 Å². The van der Waals surface area contributed by atoms with Crippen LogP contribution in [0.25, 0.3) is 0 Å². The van der Waals surface area contributed by atoms with Crippen molar-refractivity contribution in [2.75, 3.05) is 7.11 Å². The number of benzene rings is 2. The van der Waals surface area contributed by atoms with E-state index < -0.39 is 29.2 Å². The molecule has 0 bridgehead atoms. The van der Waals surface area contributed by atoms with Crippen molar-refractivity contribution in [3.8, 4) is 28.7 Å². The molecule has 0 aliphatic heterocycles. The monoisotopic (exact) mass is 404 g/mol. The van der Waals surface area contributed by atoms with Crippen molar-refractivity contribution in [1.29, 1.82) is 0 Å². The Labute approximate surface area is 168 Å². The number of aromatic carboxylic acids is 1. The third-order valence-electron chi connectivity index (χ3n) is 4.36. The second-order valence-corrected chi connectivity index (χ2v) is 6.48. The van der Waals surface area contributed by atoms with Gasteiger partial charge in [0, 0.05) is 6.07 Å². The number of ether oxygens (including phenoxy) is 2. The fourth-order valence-corrected chi connectivity index (χ4v) is 3.15. The highest BCUT2D eigenvalue weighted by Crippen LogP contribution is 2.43. The number of carbonyl (C=O) groups excluding carboxylic acids is 1. The summed E-state index contributed by atoms with van der Waals surface area (Å²) in [6, 6.07) is 3.74. The first-order valence-corrected chi connectivity index (χ1v) is 9.18. The Bertz CT molecular complexity index is 933. The largest absolute Gasteiger partial charge is 0.508 e. The highest BCUT2D eigenvalue weighted by atomic mass is 16.6. The summed E-state index contributed by atoms with van der Waals surface area (Å²) in [5, 5.41) is 39.8. The predicted octanol–water partition coefficient (Wildman–Crippen LogP) is 3.63. The third kappa shape index (κ3) is 4.53. The van der Waals surface area contributed by atoms with Crippen LogP contribution in [0.15, 0.2) is 18.2 Å². The van der Waals surface area contributed by atoms with E-state index in [4.69, 9.17) is 9.47 Å². The first kappa shape index (κ1) is 21.9. The summed E-state index contributed by atoms with van der Waals surface area (Å²) in [4.78, 5) is 24.4. The molecule has 8 heteroatoms. The van der Waals surface area contributed by atoms with Gasteiger partial charge in [-0.1, -0.05) is 26.7 Å². The van der Waals surface area contributed by atoms with Gasteiger partial charge in [-0.3, -0.25) is 0 Å². The van der Waals surface area contributed by atoms with Crippen molar-refractivity contribution in [3.63, 3.8) is 0 Å². The van der Waals surface area contributed by atoms with Crippen molar-refractivity contribution >= 4 is 11.9 Å². The van der Waals surface area contributed by atoms with Crippen LogP contribution < -0.4 is 9.47 Å². The van der Waals surface area contributed by atoms with E-state index in [1.807, 2.05) is 13.8 Å². The zero-order chi connectivity index (χ0) is 21.7. The van der Waals surface area contributed by atoms with Crippen LogP contribution in [0.5, 0.6) is 28.7 Å². The molecule has 0 amide bonds. The minimum atomic E-state index is -1.37. The maximum atomic E-state index is 12.8. The number of carbonyl (C=O) groups is 2. The molecular formula is C21H24O8. The van der Waals surface area contributed by atoms with Crippen molar-refractivity contribution in [2.45, 2.75) is 39.5 Å². The Morgan fingerprint density at radius 1 is 0.931 bits per heavy atom. The molecule has 0 saturated heterocycles. The molecule has 0 fully saturated rings. The van der Waals surface area contributed by atoms with Gasteiger partial charge in [-0.15, -0.1) is 0 Å². The molecule has 156 valence electrons. The summed E-state index contributed by atoms with van der Waals surface area (Å²) in [5.74, 6) is -4.28. The van der Waals surface area contributed by atoms with Gasteiger partial charge in [0.2, 0.25) is 5.75 Å². The Morgan fingerprint density at radius 2 is 1.52 bits per heavy atom. The number of phenols is 3. The van der Waals surface area contributed by atoms with Crippen molar-refractivity contribution < 1.29 is 39.5 Å². The second-order valence-electron chi connectivity index (χ2n) is 6.48. The summed E-state index contributed by atoms with van der Waals surface area (Å²) in [7, 11) is 1.29. The number of carboxylic acids is 1. The molecule has 0 atom stereocenters. The van der Waals surface area contributed by atoms with Crippen LogP contribution in [0, 0.1) is 0 Å². The molecule has 0 saturated carbocycles. The van der Waals surface area contributed by atoms with Crippen LogP contribution in [-0.4, -0.2) is 39.5 Å². The van der Waals surface area contributed by atoms with Gasteiger partial charge in [0.05, 0.1) is 7.11 Å². The fraction of sp³-hybridized carbons (Fsp3) is 0.333. The molecule has 0 spiro atoms. The normalized spacial score (nSPS) is 10.6. The Balaban J connectivity index is 2.58. The van der Waals surface area contributed by atoms with Crippen LogP contribution in [0.2, 0.25) is 0 Å². The highest BCUT2D eigenvalue weighted by molar-refractivity contribution is 5.98. The smallest absolute Gasteiger partial charge is 0.347 e. The van der Waals surface area contributed by atoms with Crippen LogP contribution in [0.4, 0.5) is 0 Å². The summed E-state index contributed by atoms with van der Waals surface area (Å²) >= 11 is 0. The van der Waals surface area contributed by atoms with E-state index >= 15 is 0 Å². The fourth-order valence-electron chi connectivity index (χ4n) is 3.15. The summed E-state index contributed by atoms with van der Waals surface area (Å²) in [5.41, 5.74) is 0.141. The Morgan fingerprint density at radius 3 is 2.03 bits per heavy atom. The van der Waals surface area contributed by atoms with Crippen LogP contribution in [0.1, 0.15) is 58.5 Å². The van der Waals surface area contributed by atoms with Crippen molar-refractivity contribution in [2.24, 2.45) is 0 Å². The lowest BCUT2D eigenvalue weighted by Crippen LogP contribution is -2.14. The maximum Gasteiger partial charge on any atom is 0.347 e. The number of methoxy groups -OCH3 is 1. The first-order chi connectivity index (χ1) is 13.7. The first-order valence-electron chi connectivity index (χ1n) is 9.18. The molecule has 2 aromatic carbocycles. The van der Waals surface area contributed by atoms with Crippen molar-refractivity contribution in [1.82, 2.24) is 0 Å². The molecule has 8 nitrogen and oxygen atoms in total. The summed E-state index contributed by atoms with van der Waals surface area (Å²) in [6.07, 6.45) is 2.01. The molecule has 0 aromatic heterocycles. The number of hydrogen-bond donors (Lipinski definition) is 4. The molecule has 29 heavy (non-hydrogen) atoms. The van der Waals surface area contributed by atoms with Gasteiger partial charge in [0.1, 0.15) is 22.6 Å². The minimum Gasteiger partial charge on any atom is -0.508 e. The predicted molar refractivity (Wildman–Crippen MR) is 104 cm³/mol. The Hall–Kier alpha value is -3.42. The van der Waals surface area contributed by atoms with Crippen molar-refractivity contribution in [3.05, 3.63) is 40.5 Å². The minimum absolute atomic E-state index is 0.0143. The number of carboxylic acid groups (broad SMARTS) is 1. The van der Waals surface area contributed by atoms with E-state index in [0.29, 0.717) is 36.8 Å². The molecular weight excluding hydrogens is 380 g/mol. The number of hydrogen-bond acceptors (Lipinski definition) is 7. The van der Waals surface area contributed by atoms with Crippen LogP contribution >= 0.6 is 0 Å². The molecule has 0 aliphatic rings. The molecule has 0 heterocycles. The quantitative estimate of drug-likeness (QED) is 0.387. The van der Waals surface area contributed by atoms with Crippen LogP contribution in [-0.2, 0) is 12.8 Å². The van der Waals surface area contributed by atoms with Crippen LogP contribution in [0.3, 0.4) is 0 Å². The summed E-state index contributed by atoms with van der Waals surface area (Å²) in [6.45, 7) is 3.71. The van der Waals surface area contributed by atoms with Gasteiger partial charge in [0.15, 0.2) is 11.5 Å². The van der Waals surface area contributed by atoms with Gasteiger partial charge in [-0.2, -0.15) is 0 Å². The average Bonchev–Trinajstić information content (AvgIpc) is 2.63. The molecule has 2 aromatic rings. The maximum absolute atomic E-state index is 12.8. The third-order valence-corrected chi connectivity index (χ3v) is 4.36. The molecule has 0 aliphatic carbocycles. The van der Waals surface area contributed by atoms with Gasteiger partial charge in [0.25, 0.3) is 0 Å². The van der Waals surface area contributed by atoms with Gasteiger partial charge in [-0.05, 0) is 36.1 Å². The molecule has 4 N–H and O–H groups in total. The van der Waals surface area contributed by atoms with Gasteiger partial charge < -0.3 is 29.9 Å². The highest BCUT2D eigenvalue weighted by Gasteiger charge is 2.28. The summed E-state index contributed by atoms with van der Waals surface area (Å²) < 4.78 is 10.4. The van der Waals surface area contributed by atoms with E-state index in [1.165, 1.54) is 19.2 Å². The number of aryl methyl sites for hydroxylation is 2. The zero-order valence-electron chi connectivity index (χ0n) is 16.5. The number of aromatic hydroxyl groups is 3. The standard InChI is InChI=1S/C21H24O8/c1-4-6-11-8-13(22)10-14(23)16(11)21(27)29-19-15(28-3)9-12(7-5-2)17(18(19)24)20(25)26/h8-10,22-24H,4-7H2,1-3H3,(H,25,26). The molecule has 0 radical (unpaired) electrons. The Kier molecular flexibility index (Phi) is 6.93. The zero-order valence-corrected chi connectivity index (χ0v) is 16.5. The van der Waals surface area contributed by atoms with E-state index in [-0.39, 0.29) is 22.6 Å². The number of phenolic OH excluding ortho intramolecular Hbond substituents is 2. The SMILES string of the molecule is CCCc1cc(O)cc(O)c1C(=O)Oc1c(OC)cc(CCC)c(C(=O)O)c1O. The number of esters is 1. The lowest BCUT2D eigenvalue weighted by molar-refractivity contribution is 0.0676. The number of rotatable bonds is 8. The lowest BCUT2D eigenvalue weighted by atomic mass is 10.00. The second kappa shape index (κ2) is 9.18. The van der Waals surface area contributed by atoms with Gasteiger partial charge in [-0.25, -0.2) is 9.59 Å². The lowest BCUT2D eigenvalue weighted by Gasteiger charge is -2.17. The topological polar surface area (TPSA) is 134 Å². The molecule has 2 rings (SSSR count).